The summed E-state index contributed by atoms with van der Waals surface area (Å²) in [6.07, 6.45) is 1.63. The van der Waals surface area contributed by atoms with Gasteiger partial charge in [0.2, 0.25) is 10.0 Å². The van der Waals surface area contributed by atoms with Crippen LogP contribution in [0.5, 0.6) is 0 Å². The molecule has 0 atom stereocenters. The van der Waals surface area contributed by atoms with Crippen LogP contribution < -0.4 is 0 Å². The van der Waals surface area contributed by atoms with Gasteiger partial charge in [0.1, 0.15) is 4.90 Å². The molecule has 0 unspecified atom stereocenters. The van der Waals surface area contributed by atoms with Crippen LogP contribution in [0.2, 0.25) is 0 Å². The molecule has 2 heterocycles. The Hall–Kier alpha value is -1.46. The first-order valence-electron chi connectivity index (χ1n) is 7.14. The van der Waals surface area contributed by atoms with E-state index < -0.39 is 10.0 Å². The molecule has 0 spiro atoms. The van der Waals surface area contributed by atoms with Gasteiger partial charge in [0.15, 0.2) is 0 Å². The standard InChI is InChI=1S/C16H20N2O2S/c1-16(2,3)13-10-18(11-13)21(19,20)14-8-4-6-12-7-5-9-17-15(12)14/h4-9,13H,10-11H2,1-3H3. The zero-order chi connectivity index (χ0) is 15.3. The lowest BCUT2D eigenvalue weighted by molar-refractivity contribution is 0.0886. The molecule has 1 fully saturated rings. The Morgan fingerprint density at radius 1 is 1.14 bits per heavy atom. The SMILES string of the molecule is CC(C)(C)C1CN(S(=O)(=O)c2cccc3cccnc23)C1. The van der Waals surface area contributed by atoms with Crippen LogP contribution in [0.15, 0.2) is 41.4 Å². The zero-order valence-electron chi connectivity index (χ0n) is 12.6. The summed E-state index contributed by atoms with van der Waals surface area (Å²) >= 11 is 0. The van der Waals surface area contributed by atoms with Gasteiger partial charge in [0, 0.05) is 24.7 Å². The topological polar surface area (TPSA) is 50.3 Å². The summed E-state index contributed by atoms with van der Waals surface area (Å²) in [5.41, 5.74) is 0.697. The van der Waals surface area contributed by atoms with E-state index in [1.165, 1.54) is 0 Å². The van der Waals surface area contributed by atoms with Crippen molar-refractivity contribution >= 4 is 20.9 Å². The van der Waals surface area contributed by atoms with E-state index in [1.807, 2.05) is 18.2 Å². The predicted molar refractivity (Wildman–Crippen MR) is 83.4 cm³/mol. The summed E-state index contributed by atoms with van der Waals surface area (Å²) in [7, 11) is -3.45. The highest BCUT2D eigenvalue weighted by Gasteiger charge is 2.42. The molecule has 1 aliphatic heterocycles. The van der Waals surface area contributed by atoms with Crippen molar-refractivity contribution in [2.75, 3.05) is 13.1 Å². The van der Waals surface area contributed by atoms with Crippen LogP contribution in [0.3, 0.4) is 0 Å². The van der Waals surface area contributed by atoms with Gasteiger partial charge >= 0.3 is 0 Å². The predicted octanol–water partition coefficient (Wildman–Crippen LogP) is 2.90. The van der Waals surface area contributed by atoms with Crippen molar-refractivity contribution in [3.8, 4) is 0 Å². The van der Waals surface area contributed by atoms with Crippen LogP contribution >= 0.6 is 0 Å². The maximum absolute atomic E-state index is 12.8. The van der Waals surface area contributed by atoms with Gasteiger partial charge in [-0.3, -0.25) is 4.98 Å². The highest BCUT2D eigenvalue weighted by Crippen LogP contribution is 2.37. The number of rotatable bonds is 2. The van der Waals surface area contributed by atoms with Crippen LogP contribution in [0.1, 0.15) is 20.8 Å². The van der Waals surface area contributed by atoms with Gasteiger partial charge in [0.05, 0.1) is 5.52 Å². The van der Waals surface area contributed by atoms with Crippen LogP contribution in [0.4, 0.5) is 0 Å². The highest BCUT2D eigenvalue weighted by molar-refractivity contribution is 7.89. The Labute approximate surface area is 125 Å². The van der Waals surface area contributed by atoms with Gasteiger partial charge in [-0.2, -0.15) is 4.31 Å². The maximum Gasteiger partial charge on any atom is 0.245 e. The molecule has 21 heavy (non-hydrogen) atoms. The van der Waals surface area contributed by atoms with Crippen molar-refractivity contribution in [3.05, 3.63) is 36.5 Å². The van der Waals surface area contributed by atoms with E-state index in [1.54, 1.807) is 22.6 Å². The molecule has 0 N–H and O–H groups in total. The lowest BCUT2D eigenvalue weighted by Crippen LogP contribution is -2.54. The molecular weight excluding hydrogens is 284 g/mol. The molecule has 0 amide bonds. The summed E-state index contributed by atoms with van der Waals surface area (Å²) in [4.78, 5) is 4.56. The molecule has 2 aromatic rings. The molecule has 3 rings (SSSR count). The van der Waals surface area contributed by atoms with Crippen molar-refractivity contribution in [2.24, 2.45) is 11.3 Å². The number of hydrogen-bond donors (Lipinski definition) is 0. The first kappa shape index (κ1) is 14.5. The van der Waals surface area contributed by atoms with Crippen molar-refractivity contribution in [1.29, 1.82) is 0 Å². The van der Waals surface area contributed by atoms with Crippen LogP contribution in [0, 0.1) is 11.3 Å². The average molecular weight is 304 g/mol. The number of benzene rings is 1. The molecular formula is C16H20N2O2S. The Balaban J connectivity index is 1.96. The number of hydrogen-bond acceptors (Lipinski definition) is 3. The minimum Gasteiger partial charge on any atom is -0.255 e. The molecule has 1 saturated heterocycles. The molecule has 1 aromatic carbocycles. The number of pyridine rings is 1. The lowest BCUT2D eigenvalue weighted by atomic mass is 9.77. The number of para-hydroxylation sites is 1. The van der Waals surface area contributed by atoms with E-state index in [-0.39, 0.29) is 5.41 Å². The Morgan fingerprint density at radius 2 is 1.81 bits per heavy atom. The minimum absolute atomic E-state index is 0.142. The monoisotopic (exact) mass is 304 g/mol. The van der Waals surface area contributed by atoms with Gasteiger partial charge in [-0.25, -0.2) is 8.42 Å². The summed E-state index contributed by atoms with van der Waals surface area (Å²) in [5.74, 6) is 0.412. The number of fused-ring (bicyclic) bond motifs is 1. The van der Waals surface area contributed by atoms with Crippen molar-refractivity contribution < 1.29 is 8.42 Å². The Kier molecular flexibility index (Phi) is 3.30. The first-order chi connectivity index (χ1) is 9.80. The lowest BCUT2D eigenvalue weighted by Gasteiger charge is -2.45. The zero-order valence-corrected chi connectivity index (χ0v) is 13.4. The number of sulfonamides is 1. The average Bonchev–Trinajstić information content (AvgIpc) is 2.34. The Bertz CT molecular complexity index is 767. The molecule has 1 aliphatic rings. The van der Waals surface area contributed by atoms with E-state index in [0.717, 1.165) is 5.39 Å². The first-order valence-corrected chi connectivity index (χ1v) is 8.58. The molecule has 0 aliphatic carbocycles. The van der Waals surface area contributed by atoms with Gasteiger partial charge < -0.3 is 0 Å². The third-order valence-electron chi connectivity index (χ3n) is 4.29. The van der Waals surface area contributed by atoms with E-state index in [2.05, 4.69) is 25.8 Å². The van der Waals surface area contributed by atoms with Crippen LogP contribution in [-0.4, -0.2) is 30.8 Å². The normalized spacial score (nSPS) is 17.9. The second kappa shape index (κ2) is 4.78. The molecule has 0 radical (unpaired) electrons. The summed E-state index contributed by atoms with van der Waals surface area (Å²) in [6, 6.07) is 9.01. The van der Waals surface area contributed by atoms with Gasteiger partial charge in [-0.1, -0.05) is 39.0 Å². The van der Waals surface area contributed by atoms with Gasteiger partial charge in [-0.15, -0.1) is 0 Å². The molecule has 5 heteroatoms. The van der Waals surface area contributed by atoms with Crippen LogP contribution in [0.25, 0.3) is 10.9 Å². The minimum atomic E-state index is -3.45. The van der Waals surface area contributed by atoms with E-state index in [4.69, 9.17) is 0 Å². The second-order valence-electron chi connectivity index (χ2n) is 6.72. The van der Waals surface area contributed by atoms with E-state index >= 15 is 0 Å². The quantitative estimate of drug-likeness (QED) is 0.857. The molecule has 4 nitrogen and oxygen atoms in total. The molecule has 0 bridgehead atoms. The van der Waals surface area contributed by atoms with Crippen molar-refractivity contribution in [1.82, 2.24) is 9.29 Å². The van der Waals surface area contributed by atoms with E-state index in [9.17, 15) is 8.42 Å². The van der Waals surface area contributed by atoms with Crippen molar-refractivity contribution in [2.45, 2.75) is 25.7 Å². The third-order valence-corrected chi connectivity index (χ3v) is 6.15. The third kappa shape index (κ3) is 2.45. The molecule has 0 saturated carbocycles. The number of aromatic nitrogens is 1. The summed E-state index contributed by atoms with van der Waals surface area (Å²) < 4.78 is 27.1. The molecule has 112 valence electrons. The largest absolute Gasteiger partial charge is 0.255 e. The fraction of sp³-hybridized carbons (Fsp3) is 0.438. The summed E-state index contributed by atoms with van der Waals surface area (Å²) in [6.45, 7) is 7.65. The smallest absolute Gasteiger partial charge is 0.245 e. The summed E-state index contributed by atoms with van der Waals surface area (Å²) in [5, 5.41) is 0.853. The van der Waals surface area contributed by atoms with Gasteiger partial charge in [0.25, 0.3) is 0 Å². The highest BCUT2D eigenvalue weighted by atomic mass is 32.2. The van der Waals surface area contributed by atoms with Crippen LogP contribution in [-0.2, 0) is 10.0 Å². The Morgan fingerprint density at radius 3 is 2.48 bits per heavy atom. The number of nitrogens with zero attached hydrogens (tertiary/aromatic N) is 2. The fourth-order valence-electron chi connectivity index (χ4n) is 2.61. The fourth-order valence-corrected chi connectivity index (χ4v) is 4.30. The molecule has 1 aromatic heterocycles. The van der Waals surface area contributed by atoms with E-state index in [0.29, 0.717) is 29.4 Å². The maximum atomic E-state index is 12.8. The second-order valence-corrected chi connectivity index (χ2v) is 8.62. The van der Waals surface area contributed by atoms with Crippen molar-refractivity contribution in [3.63, 3.8) is 0 Å². The van der Waals surface area contributed by atoms with Gasteiger partial charge in [-0.05, 0) is 23.5 Å².